The molecule has 0 bridgehead atoms. The third-order valence-corrected chi connectivity index (χ3v) is 7.90. The first-order valence-corrected chi connectivity index (χ1v) is 13.3. The summed E-state index contributed by atoms with van der Waals surface area (Å²) in [6.07, 6.45) is 3.45. The molecule has 0 spiro atoms. The average Bonchev–Trinajstić information content (AvgIpc) is 3.65. The Morgan fingerprint density at radius 1 is 0.912 bits per heavy atom. The average molecular weight is 477 g/mol. The van der Waals surface area contributed by atoms with Gasteiger partial charge in [0.15, 0.2) is 0 Å². The van der Waals surface area contributed by atoms with E-state index in [1.54, 1.807) is 24.3 Å². The Morgan fingerprint density at radius 3 is 2.15 bits per heavy atom. The largest absolute Gasteiger partial charge is 0.355 e. The van der Waals surface area contributed by atoms with Crippen molar-refractivity contribution in [2.75, 3.05) is 11.3 Å². The van der Waals surface area contributed by atoms with E-state index in [1.807, 2.05) is 42.5 Å². The van der Waals surface area contributed by atoms with Gasteiger partial charge in [0, 0.05) is 12.2 Å². The quantitative estimate of drug-likeness (QED) is 0.385. The van der Waals surface area contributed by atoms with Crippen molar-refractivity contribution in [3.05, 3.63) is 95.6 Å². The van der Waals surface area contributed by atoms with Crippen molar-refractivity contribution < 1.29 is 13.2 Å². The summed E-state index contributed by atoms with van der Waals surface area (Å²) in [4.78, 5) is 13.1. The van der Waals surface area contributed by atoms with Crippen LogP contribution >= 0.6 is 0 Å². The Bertz CT molecular complexity index is 1210. The van der Waals surface area contributed by atoms with Crippen molar-refractivity contribution in [3.63, 3.8) is 0 Å². The highest BCUT2D eigenvalue weighted by molar-refractivity contribution is 7.92. The summed E-state index contributed by atoms with van der Waals surface area (Å²) in [5.41, 5.74) is 3.29. The summed E-state index contributed by atoms with van der Waals surface area (Å²) in [5.74, 6) is 0.396. The maximum Gasteiger partial charge on any atom is 0.261 e. The summed E-state index contributed by atoms with van der Waals surface area (Å²) < 4.78 is 28.2. The Labute approximate surface area is 202 Å². The van der Waals surface area contributed by atoms with E-state index < -0.39 is 15.4 Å². The van der Waals surface area contributed by atoms with Crippen LogP contribution in [0.5, 0.6) is 0 Å². The fourth-order valence-electron chi connectivity index (χ4n) is 4.18. The van der Waals surface area contributed by atoms with Crippen LogP contribution in [-0.2, 0) is 26.7 Å². The van der Waals surface area contributed by atoms with Crippen molar-refractivity contribution in [3.8, 4) is 0 Å². The van der Waals surface area contributed by atoms with Crippen LogP contribution in [-0.4, -0.2) is 20.9 Å². The summed E-state index contributed by atoms with van der Waals surface area (Å²) in [5, 5.41) is 3.09. The molecular formula is C28H32N2O3S. The van der Waals surface area contributed by atoms with E-state index >= 15 is 0 Å². The molecule has 1 aliphatic rings. The van der Waals surface area contributed by atoms with Gasteiger partial charge in [0.1, 0.15) is 0 Å². The lowest BCUT2D eigenvalue weighted by atomic mass is 9.94. The number of carbonyl (C=O) groups is 1. The Hall–Kier alpha value is -3.12. The molecule has 1 aliphatic carbocycles. The van der Waals surface area contributed by atoms with Crippen molar-refractivity contribution in [1.29, 1.82) is 0 Å². The lowest BCUT2D eigenvalue weighted by molar-refractivity contribution is -0.123. The molecule has 0 unspecified atom stereocenters. The molecule has 6 heteroatoms. The van der Waals surface area contributed by atoms with E-state index in [-0.39, 0.29) is 10.8 Å². The molecule has 0 aromatic heterocycles. The molecule has 1 amide bonds. The number of hydrogen-bond donors (Lipinski definition) is 2. The predicted molar refractivity (Wildman–Crippen MR) is 136 cm³/mol. The van der Waals surface area contributed by atoms with Gasteiger partial charge < -0.3 is 5.32 Å². The molecule has 0 heterocycles. The molecule has 34 heavy (non-hydrogen) atoms. The molecule has 178 valence electrons. The van der Waals surface area contributed by atoms with Crippen LogP contribution in [0.1, 0.15) is 55.7 Å². The number of amides is 1. The van der Waals surface area contributed by atoms with Gasteiger partial charge in [0.25, 0.3) is 10.0 Å². The van der Waals surface area contributed by atoms with Crippen LogP contribution in [0.4, 0.5) is 5.69 Å². The highest BCUT2D eigenvalue weighted by Crippen LogP contribution is 2.48. The van der Waals surface area contributed by atoms with E-state index in [0.717, 1.165) is 36.8 Å². The van der Waals surface area contributed by atoms with Crippen LogP contribution in [0.25, 0.3) is 0 Å². The molecule has 5 nitrogen and oxygen atoms in total. The molecule has 0 aliphatic heterocycles. The van der Waals surface area contributed by atoms with Crippen LogP contribution in [0.2, 0.25) is 0 Å². The third-order valence-electron chi connectivity index (χ3n) is 6.50. The molecule has 3 aromatic carbocycles. The van der Waals surface area contributed by atoms with E-state index in [9.17, 15) is 13.2 Å². The SMILES string of the molecule is CC(C)c1ccc(S(=O)(=O)Nc2ccc(C3(C(=O)NCCCc4ccccc4)CC3)cc2)cc1. The van der Waals surface area contributed by atoms with Gasteiger partial charge in [0.2, 0.25) is 5.91 Å². The van der Waals surface area contributed by atoms with Crippen molar-refractivity contribution in [1.82, 2.24) is 5.32 Å². The van der Waals surface area contributed by atoms with Crippen LogP contribution < -0.4 is 10.0 Å². The fraction of sp³-hybridized carbons (Fsp3) is 0.321. The Balaban J connectivity index is 1.34. The Morgan fingerprint density at radius 2 is 1.56 bits per heavy atom. The van der Waals surface area contributed by atoms with Crippen LogP contribution in [0, 0.1) is 0 Å². The number of anilines is 1. The zero-order valence-electron chi connectivity index (χ0n) is 19.8. The molecule has 0 atom stereocenters. The molecule has 0 saturated heterocycles. The first-order valence-electron chi connectivity index (χ1n) is 11.9. The van der Waals surface area contributed by atoms with Gasteiger partial charge in [-0.15, -0.1) is 0 Å². The Kier molecular flexibility index (Phi) is 7.08. The van der Waals surface area contributed by atoms with Crippen molar-refractivity contribution >= 4 is 21.6 Å². The van der Waals surface area contributed by atoms with Gasteiger partial charge in [-0.1, -0.05) is 68.4 Å². The highest BCUT2D eigenvalue weighted by atomic mass is 32.2. The normalized spacial score (nSPS) is 14.6. The van der Waals surface area contributed by atoms with E-state index in [2.05, 4.69) is 36.0 Å². The maximum atomic E-state index is 12.9. The lowest BCUT2D eigenvalue weighted by Crippen LogP contribution is -2.35. The molecular weight excluding hydrogens is 444 g/mol. The number of rotatable bonds is 10. The summed E-state index contributed by atoms with van der Waals surface area (Å²) in [6.45, 7) is 4.78. The zero-order valence-corrected chi connectivity index (χ0v) is 20.6. The summed E-state index contributed by atoms with van der Waals surface area (Å²) in [6, 6.07) is 24.4. The van der Waals surface area contributed by atoms with Crippen molar-refractivity contribution in [2.24, 2.45) is 0 Å². The first kappa shape index (κ1) is 24.0. The molecule has 1 saturated carbocycles. The van der Waals surface area contributed by atoms with Crippen LogP contribution in [0.3, 0.4) is 0 Å². The maximum absolute atomic E-state index is 12.9. The highest BCUT2D eigenvalue weighted by Gasteiger charge is 2.51. The molecule has 1 fully saturated rings. The summed E-state index contributed by atoms with van der Waals surface area (Å²) >= 11 is 0. The van der Waals surface area contributed by atoms with Gasteiger partial charge in [-0.05, 0) is 72.6 Å². The van der Waals surface area contributed by atoms with Crippen molar-refractivity contribution in [2.45, 2.75) is 55.8 Å². The second-order valence-electron chi connectivity index (χ2n) is 9.33. The standard InChI is InChI=1S/C28H32N2O3S/c1-21(2)23-10-16-26(17-11-23)34(32,33)30-25-14-12-24(13-15-25)28(18-19-28)27(31)29-20-6-9-22-7-4-3-5-8-22/h3-5,7-8,10-17,21,30H,6,9,18-20H2,1-2H3,(H,29,31). The molecule has 3 aromatic rings. The topological polar surface area (TPSA) is 75.3 Å². The number of nitrogens with one attached hydrogen (secondary N) is 2. The third kappa shape index (κ3) is 5.50. The van der Waals surface area contributed by atoms with E-state index in [4.69, 9.17) is 0 Å². The minimum Gasteiger partial charge on any atom is -0.355 e. The van der Waals surface area contributed by atoms with Gasteiger partial charge in [-0.25, -0.2) is 8.42 Å². The number of hydrogen-bond acceptors (Lipinski definition) is 3. The molecule has 2 N–H and O–H groups in total. The smallest absolute Gasteiger partial charge is 0.261 e. The number of aryl methyl sites for hydroxylation is 1. The minimum atomic E-state index is -3.67. The molecule has 0 radical (unpaired) electrons. The zero-order chi connectivity index (χ0) is 24.2. The van der Waals surface area contributed by atoms with Crippen LogP contribution in [0.15, 0.2) is 83.8 Å². The monoisotopic (exact) mass is 476 g/mol. The fourth-order valence-corrected chi connectivity index (χ4v) is 5.24. The second-order valence-corrected chi connectivity index (χ2v) is 11.0. The number of carbonyl (C=O) groups excluding carboxylic acids is 1. The second kappa shape index (κ2) is 10.0. The van der Waals surface area contributed by atoms with Gasteiger partial charge in [-0.3, -0.25) is 9.52 Å². The molecule has 4 rings (SSSR count). The predicted octanol–water partition coefficient (Wildman–Crippen LogP) is 5.39. The number of benzene rings is 3. The number of sulfonamides is 1. The van der Waals surface area contributed by atoms with E-state index in [1.165, 1.54) is 5.56 Å². The summed E-state index contributed by atoms with van der Waals surface area (Å²) in [7, 11) is -3.67. The van der Waals surface area contributed by atoms with Gasteiger partial charge in [-0.2, -0.15) is 0 Å². The van der Waals surface area contributed by atoms with E-state index in [0.29, 0.717) is 18.2 Å². The van der Waals surface area contributed by atoms with Gasteiger partial charge >= 0.3 is 0 Å². The first-order chi connectivity index (χ1) is 16.3. The minimum absolute atomic E-state index is 0.0548. The van der Waals surface area contributed by atoms with Gasteiger partial charge in [0.05, 0.1) is 10.3 Å². The lowest BCUT2D eigenvalue weighted by Gasteiger charge is -2.17.